The van der Waals surface area contributed by atoms with Crippen molar-refractivity contribution in [1.29, 1.82) is 0 Å². The number of carbonyl (C=O) groups is 2. The van der Waals surface area contributed by atoms with Gasteiger partial charge in [-0.3, -0.25) is 19.4 Å². The highest BCUT2D eigenvalue weighted by Gasteiger charge is 2.34. The zero-order valence-electron chi connectivity index (χ0n) is 9.91. The van der Waals surface area contributed by atoms with Gasteiger partial charge in [0, 0.05) is 11.1 Å². The molecule has 10 nitrogen and oxygen atoms in total. The van der Waals surface area contributed by atoms with Gasteiger partial charge in [-0.25, -0.2) is 0 Å². The maximum absolute atomic E-state index is 11.6. The number of hydrogen-bond donors (Lipinski definition) is 0. The zero-order valence-corrected chi connectivity index (χ0v) is 9.91. The standard InChI is InChI=1S/C10H6N2O2.2N3/c11-12-8-5-9(13)6-3-1-2-4-7(6)10(8)14;2*1-3-2/h1-4H,5H2;;/q;2*-1. The first-order valence-corrected chi connectivity index (χ1v) is 4.92. The Bertz CT molecular complexity index is 635. The van der Waals surface area contributed by atoms with Crippen LogP contribution >= 0.6 is 0 Å². The summed E-state index contributed by atoms with van der Waals surface area (Å²) in [5.41, 5.74) is 36.2. The molecular weight excluding hydrogens is 264 g/mol. The lowest BCUT2D eigenvalue weighted by molar-refractivity contribution is -0.00889. The van der Waals surface area contributed by atoms with Crippen molar-refractivity contribution in [3.05, 3.63) is 72.9 Å². The third-order valence-corrected chi connectivity index (χ3v) is 2.18. The molecule has 0 heterocycles. The first-order valence-electron chi connectivity index (χ1n) is 4.92. The van der Waals surface area contributed by atoms with Gasteiger partial charge in [-0.15, -0.1) is 0 Å². The lowest BCUT2D eigenvalue weighted by atomic mass is 9.88. The van der Waals surface area contributed by atoms with Crippen LogP contribution in [0.3, 0.4) is 0 Å². The number of hydrogen-bond acceptors (Lipinski definition) is 2. The highest BCUT2D eigenvalue weighted by Crippen LogP contribution is 2.18. The third kappa shape index (κ3) is 4.10. The quantitative estimate of drug-likeness (QED) is 0.398. The average Bonchev–Trinajstić information content (AvgIpc) is 2.45. The molecule has 0 atom stereocenters. The Labute approximate surface area is 112 Å². The van der Waals surface area contributed by atoms with Gasteiger partial charge in [0.1, 0.15) is 6.42 Å². The van der Waals surface area contributed by atoms with E-state index in [4.69, 9.17) is 27.7 Å². The maximum Gasteiger partial charge on any atom is 0.347 e. The second-order valence-corrected chi connectivity index (χ2v) is 3.20. The molecule has 20 heavy (non-hydrogen) atoms. The molecule has 2 rings (SSSR count). The van der Waals surface area contributed by atoms with E-state index in [9.17, 15) is 9.59 Å². The number of rotatable bonds is 0. The fourth-order valence-corrected chi connectivity index (χ4v) is 1.49. The molecule has 0 N–H and O–H groups in total. The highest BCUT2D eigenvalue weighted by atomic mass is 16.1. The van der Waals surface area contributed by atoms with E-state index >= 15 is 0 Å². The third-order valence-electron chi connectivity index (χ3n) is 2.18. The lowest BCUT2D eigenvalue weighted by Crippen LogP contribution is -2.27. The molecule has 0 aliphatic heterocycles. The van der Waals surface area contributed by atoms with Gasteiger partial charge in [-0.05, 0) is 0 Å². The number of benzene rings is 1. The molecule has 0 amide bonds. The summed E-state index contributed by atoms with van der Waals surface area (Å²) in [6.07, 6.45) is -0.119. The van der Waals surface area contributed by atoms with Gasteiger partial charge in [0.05, 0.1) is 0 Å². The van der Waals surface area contributed by atoms with Crippen molar-refractivity contribution in [3.63, 3.8) is 0 Å². The Hall–Kier alpha value is -3.44. The van der Waals surface area contributed by atoms with Crippen molar-refractivity contribution in [3.8, 4) is 0 Å². The van der Waals surface area contributed by atoms with Gasteiger partial charge < -0.3 is 27.7 Å². The number of fused-ring (bicyclic) bond motifs is 1. The Morgan fingerprint density at radius 1 is 0.850 bits per heavy atom. The minimum Gasteiger partial charge on any atom is -0.373 e. The summed E-state index contributed by atoms with van der Waals surface area (Å²) in [7, 11) is 0. The molecule has 0 saturated heterocycles. The van der Waals surface area contributed by atoms with E-state index in [1.165, 1.54) is 9.82 Å². The summed E-state index contributed by atoms with van der Waals surface area (Å²) in [5, 5.41) is 0. The normalized spacial score (nSPS) is 11.3. The summed E-state index contributed by atoms with van der Waals surface area (Å²) in [5.74, 6) is -0.560. The number of ketones is 2. The molecule has 100 valence electrons. The molecule has 1 aliphatic rings. The van der Waals surface area contributed by atoms with Crippen LogP contribution in [-0.4, -0.2) is 22.1 Å². The summed E-state index contributed by atoms with van der Waals surface area (Å²) in [6.45, 7) is 0. The fourth-order valence-electron chi connectivity index (χ4n) is 1.49. The molecule has 0 saturated carbocycles. The van der Waals surface area contributed by atoms with E-state index in [-0.39, 0.29) is 23.7 Å². The van der Waals surface area contributed by atoms with Gasteiger partial charge in [0.25, 0.3) is 5.78 Å². The summed E-state index contributed by atoms with van der Waals surface area (Å²) in [4.78, 5) is 28.8. The smallest absolute Gasteiger partial charge is 0.347 e. The van der Waals surface area contributed by atoms with Crippen LogP contribution < -0.4 is 0 Å². The van der Waals surface area contributed by atoms with Crippen LogP contribution in [0.5, 0.6) is 0 Å². The van der Waals surface area contributed by atoms with Crippen LogP contribution in [0.25, 0.3) is 37.5 Å². The van der Waals surface area contributed by atoms with Crippen LogP contribution in [0.4, 0.5) is 0 Å². The summed E-state index contributed by atoms with van der Waals surface area (Å²) < 4.78 is 0. The molecule has 0 spiro atoms. The van der Waals surface area contributed by atoms with Gasteiger partial charge in [-0.1, -0.05) is 24.3 Å². The van der Waals surface area contributed by atoms with Crippen LogP contribution in [0.1, 0.15) is 27.1 Å². The van der Waals surface area contributed by atoms with Gasteiger partial charge in [0.15, 0.2) is 5.78 Å². The molecule has 0 unspecified atom stereocenters. The molecule has 0 bridgehead atoms. The van der Waals surface area contributed by atoms with E-state index in [1.807, 2.05) is 0 Å². The second kappa shape index (κ2) is 8.62. The molecule has 0 radical (unpaired) electrons. The molecular formula is C10H6N8O2-2. The lowest BCUT2D eigenvalue weighted by Gasteiger charge is -2.08. The monoisotopic (exact) mass is 270 g/mol. The molecule has 0 aromatic heterocycles. The topological polar surface area (TPSA) is 188 Å². The van der Waals surface area contributed by atoms with E-state index in [2.05, 4.69) is 4.79 Å². The van der Waals surface area contributed by atoms with Crippen molar-refractivity contribution in [1.82, 2.24) is 0 Å². The van der Waals surface area contributed by atoms with E-state index in [0.29, 0.717) is 11.1 Å². The Morgan fingerprint density at radius 3 is 1.75 bits per heavy atom. The second-order valence-electron chi connectivity index (χ2n) is 3.20. The van der Waals surface area contributed by atoms with Gasteiger partial charge in [-0.2, -0.15) is 4.79 Å². The molecule has 1 aromatic rings. The number of nitrogens with zero attached hydrogens (tertiary/aromatic N) is 8. The Kier molecular flexibility index (Phi) is 7.14. The van der Waals surface area contributed by atoms with E-state index in [1.54, 1.807) is 24.3 Å². The maximum atomic E-state index is 11.6. The van der Waals surface area contributed by atoms with Crippen molar-refractivity contribution in [2.75, 3.05) is 0 Å². The predicted octanol–water partition coefficient (Wildman–Crippen LogP) is 2.86. The minimum atomic E-state index is -0.372. The van der Waals surface area contributed by atoms with Crippen molar-refractivity contribution >= 4 is 17.3 Å². The molecule has 1 aromatic carbocycles. The minimum absolute atomic E-state index is 0.0892. The first kappa shape index (κ1) is 16.6. The Morgan fingerprint density at radius 2 is 1.30 bits per heavy atom. The SMILES string of the molecule is [N-]=[N+]=C1CC(=O)c2ccccc2C1=O.[N-]=[N+]=[N-].[N-]=[N+]=[N-]. The number of Topliss-reactive ketones (excluding diaryl/α,β-unsaturated/α-hetero) is 2. The molecule has 10 heteroatoms. The van der Waals surface area contributed by atoms with Gasteiger partial charge in [0.2, 0.25) is 0 Å². The largest absolute Gasteiger partial charge is 0.373 e. The van der Waals surface area contributed by atoms with Crippen LogP contribution in [-0.2, 0) is 0 Å². The van der Waals surface area contributed by atoms with Gasteiger partial charge >= 0.3 is 5.71 Å². The van der Waals surface area contributed by atoms with Crippen LogP contribution in [0, 0.1) is 0 Å². The van der Waals surface area contributed by atoms with Crippen LogP contribution in [0.2, 0.25) is 0 Å². The molecule has 1 aliphatic carbocycles. The van der Waals surface area contributed by atoms with Crippen LogP contribution in [0.15, 0.2) is 24.3 Å². The predicted molar refractivity (Wildman–Crippen MR) is 68.5 cm³/mol. The first-order chi connectivity index (χ1) is 9.56. The average molecular weight is 270 g/mol. The van der Waals surface area contributed by atoms with Crippen molar-refractivity contribution in [2.45, 2.75) is 6.42 Å². The number of carbonyl (C=O) groups excluding carboxylic acids is 2. The summed E-state index contributed by atoms with van der Waals surface area (Å²) >= 11 is 0. The van der Waals surface area contributed by atoms with Crippen molar-refractivity contribution < 1.29 is 14.4 Å². The highest BCUT2D eigenvalue weighted by molar-refractivity contribution is 6.50. The fraction of sp³-hybridized carbons (Fsp3) is 0.100. The Balaban J connectivity index is 0.000000520. The molecule has 0 fully saturated rings. The van der Waals surface area contributed by atoms with Crippen molar-refractivity contribution in [2.24, 2.45) is 0 Å². The van der Waals surface area contributed by atoms with E-state index < -0.39 is 0 Å². The van der Waals surface area contributed by atoms with E-state index in [0.717, 1.165) is 0 Å². The zero-order chi connectivity index (χ0) is 15.5. The summed E-state index contributed by atoms with van der Waals surface area (Å²) in [6, 6.07) is 6.53.